The molecule has 2 aliphatic rings. The van der Waals surface area contributed by atoms with Gasteiger partial charge in [0.2, 0.25) is 0 Å². The van der Waals surface area contributed by atoms with Crippen molar-refractivity contribution in [2.75, 3.05) is 44.2 Å². The molecule has 0 spiro atoms. The van der Waals surface area contributed by atoms with Crippen molar-refractivity contribution in [1.82, 2.24) is 9.80 Å². The van der Waals surface area contributed by atoms with Gasteiger partial charge in [0, 0.05) is 38.0 Å². The van der Waals surface area contributed by atoms with Gasteiger partial charge in [-0.2, -0.15) is 11.8 Å². The molecule has 0 radical (unpaired) electrons. The first kappa shape index (κ1) is 14.2. The first-order chi connectivity index (χ1) is 8.46. The van der Waals surface area contributed by atoms with Crippen molar-refractivity contribution in [1.29, 1.82) is 0 Å². The molecule has 2 heterocycles. The highest BCUT2D eigenvalue weighted by atomic mass is 32.2. The van der Waals surface area contributed by atoms with Gasteiger partial charge in [-0.3, -0.25) is 14.6 Å². The minimum Gasteiger partial charge on any atom is -0.480 e. The molecule has 2 saturated heterocycles. The van der Waals surface area contributed by atoms with Crippen LogP contribution in [0, 0.1) is 5.41 Å². The van der Waals surface area contributed by atoms with E-state index in [4.69, 9.17) is 5.11 Å². The third-order valence-electron chi connectivity index (χ3n) is 3.87. The Hall–Kier alpha value is -0.260. The van der Waals surface area contributed by atoms with Crippen molar-refractivity contribution >= 4 is 17.7 Å². The Bertz CT molecular complexity index is 301. The fourth-order valence-electron chi connectivity index (χ4n) is 2.94. The third-order valence-corrected chi connectivity index (χ3v) is 5.48. The van der Waals surface area contributed by atoms with Gasteiger partial charge in [0.1, 0.15) is 0 Å². The molecule has 4 nitrogen and oxygen atoms in total. The topological polar surface area (TPSA) is 43.8 Å². The molecule has 2 rings (SSSR count). The lowest BCUT2D eigenvalue weighted by atomic mass is 9.87. The Morgan fingerprint density at radius 2 is 2.00 bits per heavy atom. The zero-order chi connectivity index (χ0) is 13.2. The number of carbonyl (C=O) groups is 1. The van der Waals surface area contributed by atoms with Crippen LogP contribution < -0.4 is 0 Å². The Balaban J connectivity index is 1.80. The number of carboxylic acids is 1. The predicted molar refractivity (Wildman–Crippen MR) is 75.2 cm³/mol. The standard InChI is InChI=1S/C13H24N2O2S/c1-13(2)7-11(9-18-10-13)15-5-3-14(4-6-15)8-12(16)17/h11H,3-10H2,1-2H3,(H,16,17). The van der Waals surface area contributed by atoms with E-state index < -0.39 is 5.97 Å². The fourth-order valence-corrected chi connectivity index (χ4v) is 4.33. The highest BCUT2D eigenvalue weighted by molar-refractivity contribution is 7.99. The number of carboxylic acid groups (broad SMARTS) is 1. The molecule has 1 unspecified atom stereocenters. The SMILES string of the molecule is CC1(C)CSCC(N2CCN(CC(=O)O)CC2)C1. The molecule has 0 bridgehead atoms. The average molecular weight is 272 g/mol. The molecule has 1 atom stereocenters. The van der Waals surface area contributed by atoms with Gasteiger partial charge >= 0.3 is 5.97 Å². The fraction of sp³-hybridized carbons (Fsp3) is 0.923. The van der Waals surface area contributed by atoms with E-state index in [-0.39, 0.29) is 6.54 Å². The minimum absolute atomic E-state index is 0.193. The lowest BCUT2D eigenvalue weighted by molar-refractivity contribution is -0.138. The molecule has 0 saturated carbocycles. The van der Waals surface area contributed by atoms with Crippen LogP contribution in [0.2, 0.25) is 0 Å². The number of hydrogen-bond donors (Lipinski definition) is 1. The van der Waals surface area contributed by atoms with Gasteiger partial charge in [-0.15, -0.1) is 0 Å². The highest BCUT2D eigenvalue weighted by Gasteiger charge is 2.33. The lowest BCUT2D eigenvalue weighted by Gasteiger charge is -2.44. The van der Waals surface area contributed by atoms with Gasteiger partial charge < -0.3 is 5.11 Å². The van der Waals surface area contributed by atoms with E-state index in [9.17, 15) is 4.79 Å². The number of nitrogens with zero attached hydrogens (tertiary/aromatic N) is 2. The van der Waals surface area contributed by atoms with Crippen molar-refractivity contribution in [3.8, 4) is 0 Å². The van der Waals surface area contributed by atoms with Gasteiger partial charge in [-0.25, -0.2) is 0 Å². The smallest absolute Gasteiger partial charge is 0.317 e. The molecule has 1 N–H and O–H groups in total. The van der Waals surface area contributed by atoms with Crippen LogP contribution >= 0.6 is 11.8 Å². The van der Waals surface area contributed by atoms with Gasteiger partial charge in [0.05, 0.1) is 6.54 Å². The van der Waals surface area contributed by atoms with Gasteiger partial charge in [-0.1, -0.05) is 13.8 Å². The number of thioether (sulfide) groups is 1. The van der Waals surface area contributed by atoms with Crippen LogP contribution in [0.5, 0.6) is 0 Å². The molecule has 0 aliphatic carbocycles. The Morgan fingerprint density at radius 3 is 2.56 bits per heavy atom. The average Bonchev–Trinajstić information content (AvgIpc) is 2.28. The van der Waals surface area contributed by atoms with Gasteiger partial charge in [-0.05, 0) is 17.6 Å². The van der Waals surface area contributed by atoms with Gasteiger partial charge in [0.15, 0.2) is 0 Å². The van der Waals surface area contributed by atoms with Gasteiger partial charge in [0.25, 0.3) is 0 Å². The molecule has 2 aliphatic heterocycles. The Kier molecular flexibility index (Phi) is 4.56. The quantitative estimate of drug-likeness (QED) is 0.837. The number of aliphatic carboxylic acids is 1. The van der Waals surface area contributed by atoms with Crippen LogP contribution in [0.1, 0.15) is 20.3 Å². The van der Waals surface area contributed by atoms with Crippen molar-refractivity contribution in [2.45, 2.75) is 26.3 Å². The van der Waals surface area contributed by atoms with E-state index in [1.54, 1.807) is 0 Å². The monoisotopic (exact) mass is 272 g/mol. The first-order valence-corrected chi connectivity index (χ1v) is 7.88. The van der Waals surface area contributed by atoms with E-state index in [0.29, 0.717) is 11.5 Å². The summed E-state index contributed by atoms with van der Waals surface area (Å²) in [6, 6.07) is 0.686. The molecule has 5 heteroatoms. The lowest BCUT2D eigenvalue weighted by Crippen LogP contribution is -2.53. The molecular weight excluding hydrogens is 248 g/mol. The summed E-state index contributed by atoms with van der Waals surface area (Å²) in [5.74, 6) is 1.79. The molecule has 18 heavy (non-hydrogen) atoms. The number of hydrogen-bond acceptors (Lipinski definition) is 4. The molecular formula is C13H24N2O2S. The van der Waals surface area contributed by atoms with Crippen LogP contribution in [-0.2, 0) is 4.79 Å². The summed E-state index contributed by atoms with van der Waals surface area (Å²) in [6.07, 6.45) is 1.28. The van der Waals surface area contributed by atoms with Crippen LogP contribution in [0.4, 0.5) is 0 Å². The molecule has 0 aromatic carbocycles. The number of rotatable bonds is 3. The van der Waals surface area contributed by atoms with E-state index in [1.165, 1.54) is 17.9 Å². The van der Waals surface area contributed by atoms with Crippen LogP contribution in [-0.4, -0.2) is 71.1 Å². The van der Waals surface area contributed by atoms with Crippen LogP contribution in [0.3, 0.4) is 0 Å². The Morgan fingerprint density at radius 1 is 1.33 bits per heavy atom. The van der Waals surface area contributed by atoms with E-state index in [1.807, 2.05) is 4.90 Å². The van der Waals surface area contributed by atoms with Crippen molar-refractivity contribution in [3.63, 3.8) is 0 Å². The predicted octanol–water partition coefficient (Wildman–Crippen LogP) is 1.22. The summed E-state index contributed by atoms with van der Waals surface area (Å²) in [5.41, 5.74) is 0.450. The van der Waals surface area contributed by atoms with E-state index in [2.05, 4.69) is 30.5 Å². The second-order valence-electron chi connectivity index (χ2n) is 6.24. The van der Waals surface area contributed by atoms with E-state index in [0.717, 1.165) is 26.2 Å². The van der Waals surface area contributed by atoms with E-state index >= 15 is 0 Å². The van der Waals surface area contributed by atoms with Crippen LogP contribution in [0.25, 0.3) is 0 Å². The zero-order valence-electron chi connectivity index (χ0n) is 11.4. The van der Waals surface area contributed by atoms with Crippen molar-refractivity contribution in [2.24, 2.45) is 5.41 Å². The summed E-state index contributed by atoms with van der Waals surface area (Å²) in [4.78, 5) is 15.3. The maximum Gasteiger partial charge on any atom is 0.317 e. The summed E-state index contributed by atoms with van der Waals surface area (Å²) in [7, 11) is 0. The molecule has 0 amide bonds. The summed E-state index contributed by atoms with van der Waals surface area (Å²) < 4.78 is 0. The van der Waals surface area contributed by atoms with Crippen LogP contribution in [0.15, 0.2) is 0 Å². The van der Waals surface area contributed by atoms with Crippen molar-refractivity contribution in [3.05, 3.63) is 0 Å². The van der Waals surface area contributed by atoms with Crippen molar-refractivity contribution < 1.29 is 9.90 Å². The largest absolute Gasteiger partial charge is 0.480 e. The molecule has 2 fully saturated rings. The first-order valence-electron chi connectivity index (χ1n) is 6.72. The molecule has 0 aromatic rings. The highest BCUT2D eigenvalue weighted by Crippen LogP contribution is 2.35. The number of piperazine rings is 1. The normalized spacial score (nSPS) is 30.2. The summed E-state index contributed by atoms with van der Waals surface area (Å²) in [6.45, 7) is 8.74. The third kappa shape index (κ3) is 3.87. The maximum atomic E-state index is 10.7. The Labute approximate surface area is 114 Å². The zero-order valence-corrected chi connectivity index (χ0v) is 12.2. The molecule has 104 valence electrons. The maximum absolute atomic E-state index is 10.7. The molecule has 0 aromatic heterocycles. The summed E-state index contributed by atoms with van der Waals surface area (Å²) in [5, 5.41) is 8.79. The second-order valence-corrected chi connectivity index (χ2v) is 7.27. The summed E-state index contributed by atoms with van der Waals surface area (Å²) >= 11 is 2.07. The minimum atomic E-state index is -0.710. The second kappa shape index (κ2) is 5.80.